The highest BCUT2D eigenvalue weighted by Gasteiger charge is 2.06. The summed E-state index contributed by atoms with van der Waals surface area (Å²) in [4.78, 5) is 2.46. The molecule has 0 saturated heterocycles. The number of hydrogen-bond acceptors (Lipinski definition) is 2. The Morgan fingerprint density at radius 2 is 1.29 bits per heavy atom. The second-order valence-corrected chi connectivity index (χ2v) is 5.30. The fraction of sp³-hybridized carbons (Fsp3) is 0.316. The molecule has 0 amide bonds. The molecule has 0 aliphatic heterocycles. The Kier molecular flexibility index (Phi) is 6.51. The molecule has 0 radical (unpaired) electrons. The molecule has 0 bridgehead atoms. The molecule has 21 heavy (non-hydrogen) atoms. The van der Waals surface area contributed by atoms with Crippen LogP contribution < -0.4 is 0 Å². The second-order valence-electron chi connectivity index (χ2n) is 5.30. The van der Waals surface area contributed by atoms with E-state index in [1.807, 2.05) is 0 Å². The Hall–Kier alpha value is -2.11. The van der Waals surface area contributed by atoms with Gasteiger partial charge < -0.3 is 0 Å². The smallest absolute Gasteiger partial charge is 0.0621 e. The summed E-state index contributed by atoms with van der Waals surface area (Å²) in [5.74, 6) is 0. The molecule has 0 atom stereocenters. The largest absolute Gasteiger partial charge is 0.295 e. The molecule has 0 heterocycles. The maximum Gasteiger partial charge on any atom is 0.0621 e. The first kappa shape index (κ1) is 15.3. The normalized spacial score (nSPS) is 10.5. The van der Waals surface area contributed by atoms with Gasteiger partial charge >= 0.3 is 0 Å². The van der Waals surface area contributed by atoms with Crippen LogP contribution in [0.5, 0.6) is 0 Å². The van der Waals surface area contributed by atoms with E-state index in [0.717, 1.165) is 32.5 Å². The average molecular weight is 278 g/mol. The van der Waals surface area contributed by atoms with Crippen LogP contribution >= 0.6 is 0 Å². The van der Waals surface area contributed by atoms with Crippen molar-refractivity contribution in [1.29, 1.82) is 5.26 Å². The Morgan fingerprint density at radius 1 is 0.762 bits per heavy atom. The van der Waals surface area contributed by atoms with Crippen molar-refractivity contribution in [2.45, 2.75) is 32.4 Å². The van der Waals surface area contributed by atoms with Crippen molar-refractivity contribution in [3.63, 3.8) is 0 Å². The topological polar surface area (TPSA) is 27.0 Å². The maximum absolute atomic E-state index is 8.64. The summed E-state index contributed by atoms with van der Waals surface area (Å²) in [6, 6.07) is 23.4. The minimum Gasteiger partial charge on any atom is -0.295 e. The molecule has 0 unspecified atom stereocenters. The average Bonchev–Trinajstić information content (AvgIpc) is 2.53. The van der Waals surface area contributed by atoms with Crippen molar-refractivity contribution in [2.24, 2.45) is 0 Å². The van der Waals surface area contributed by atoms with E-state index < -0.39 is 0 Å². The van der Waals surface area contributed by atoms with E-state index in [1.165, 1.54) is 11.1 Å². The van der Waals surface area contributed by atoms with Gasteiger partial charge in [-0.05, 0) is 30.5 Å². The summed E-state index contributed by atoms with van der Waals surface area (Å²) < 4.78 is 0. The molecule has 2 rings (SSSR count). The van der Waals surface area contributed by atoms with E-state index in [1.54, 1.807) is 0 Å². The van der Waals surface area contributed by atoms with E-state index in [2.05, 4.69) is 71.6 Å². The van der Waals surface area contributed by atoms with Crippen LogP contribution in [0.2, 0.25) is 0 Å². The number of hydrogen-bond donors (Lipinski definition) is 0. The molecule has 0 N–H and O–H groups in total. The minimum atomic E-state index is 0.657. The molecule has 108 valence electrons. The molecule has 0 saturated carbocycles. The summed E-state index contributed by atoms with van der Waals surface area (Å²) in [5.41, 5.74) is 2.68. The van der Waals surface area contributed by atoms with Crippen molar-refractivity contribution in [3.05, 3.63) is 71.8 Å². The molecule has 2 aromatic rings. The van der Waals surface area contributed by atoms with Crippen molar-refractivity contribution in [3.8, 4) is 6.07 Å². The Labute approximate surface area is 127 Å². The van der Waals surface area contributed by atoms with Crippen LogP contribution in [-0.2, 0) is 13.1 Å². The van der Waals surface area contributed by atoms with Gasteiger partial charge in [0.1, 0.15) is 0 Å². The lowest BCUT2D eigenvalue weighted by Gasteiger charge is -2.22. The lowest BCUT2D eigenvalue weighted by molar-refractivity contribution is 0.251. The van der Waals surface area contributed by atoms with Gasteiger partial charge in [-0.25, -0.2) is 0 Å². The summed E-state index contributed by atoms with van der Waals surface area (Å²) in [7, 11) is 0. The zero-order valence-corrected chi connectivity index (χ0v) is 12.4. The van der Waals surface area contributed by atoms with Gasteiger partial charge in [0.2, 0.25) is 0 Å². The predicted octanol–water partition coefficient (Wildman–Crippen LogP) is 4.38. The van der Waals surface area contributed by atoms with Crippen LogP contribution in [0.25, 0.3) is 0 Å². The van der Waals surface area contributed by atoms with Crippen molar-refractivity contribution < 1.29 is 0 Å². The van der Waals surface area contributed by atoms with Gasteiger partial charge in [0, 0.05) is 19.5 Å². The molecule has 0 fully saturated rings. The van der Waals surface area contributed by atoms with Gasteiger partial charge in [-0.2, -0.15) is 5.26 Å². The number of unbranched alkanes of at least 4 members (excludes halogenated alkanes) is 2. The van der Waals surface area contributed by atoms with E-state index in [4.69, 9.17) is 5.26 Å². The van der Waals surface area contributed by atoms with E-state index in [0.29, 0.717) is 6.42 Å². The molecule has 2 heteroatoms. The van der Waals surface area contributed by atoms with Gasteiger partial charge in [0.05, 0.1) is 6.07 Å². The summed E-state index contributed by atoms with van der Waals surface area (Å²) >= 11 is 0. The summed E-state index contributed by atoms with van der Waals surface area (Å²) in [6.07, 6.45) is 2.72. The molecule has 0 aromatic heterocycles. The first-order valence-corrected chi connectivity index (χ1v) is 7.55. The van der Waals surface area contributed by atoms with E-state index in [-0.39, 0.29) is 0 Å². The van der Waals surface area contributed by atoms with Crippen LogP contribution in [-0.4, -0.2) is 11.4 Å². The first-order valence-electron chi connectivity index (χ1n) is 7.55. The number of nitriles is 1. The van der Waals surface area contributed by atoms with Gasteiger partial charge in [0.25, 0.3) is 0 Å². The van der Waals surface area contributed by atoms with Crippen LogP contribution in [0.4, 0.5) is 0 Å². The fourth-order valence-corrected chi connectivity index (χ4v) is 2.44. The third-order valence-electron chi connectivity index (χ3n) is 3.51. The lowest BCUT2D eigenvalue weighted by Crippen LogP contribution is -2.24. The van der Waals surface area contributed by atoms with Crippen LogP contribution in [0.1, 0.15) is 30.4 Å². The third kappa shape index (κ3) is 5.81. The Bertz CT molecular complexity index is 501. The fourth-order valence-electron chi connectivity index (χ4n) is 2.44. The zero-order chi connectivity index (χ0) is 14.8. The van der Waals surface area contributed by atoms with Crippen LogP contribution in [0.15, 0.2) is 60.7 Å². The highest BCUT2D eigenvalue weighted by molar-refractivity contribution is 5.17. The third-order valence-corrected chi connectivity index (χ3v) is 3.51. The molecule has 2 aromatic carbocycles. The molecular weight excluding hydrogens is 256 g/mol. The second kappa shape index (κ2) is 8.94. The number of rotatable bonds is 8. The quantitative estimate of drug-likeness (QED) is 0.670. The molecular formula is C19H22N2. The monoisotopic (exact) mass is 278 g/mol. The zero-order valence-electron chi connectivity index (χ0n) is 12.4. The summed E-state index contributed by atoms with van der Waals surface area (Å²) in [5, 5.41) is 8.64. The molecule has 0 aliphatic carbocycles. The summed E-state index contributed by atoms with van der Waals surface area (Å²) in [6.45, 7) is 2.95. The number of nitrogens with zero attached hydrogens (tertiary/aromatic N) is 2. The van der Waals surface area contributed by atoms with Gasteiger partial charge in [-0.3, -0.25) is 4.90 Å². The van der Waals surface area contributed by atoms with Gasteiger partial charge in [-0.15, -0.1) is 0 Å². The van der Waals surface area contributed by atoms with Gasteiger partial charge in [-0.1, -0.05) is 60.7 Å². The van der Waals surface area contributed by atoms with Crippen LogP contribution in [0.3, 0.4) is 0 Å². The van der Waals surface area contributed by atoms with Gasteiger partial charge in [0.15, 0.2) is 0 Å². The number of benzene rings is 2. The maximum atomic E-state index is 8.64. The highest BCUT2D eigenvalue weighted by atomic mass is 15.1. The SMILES string of the molecule is N#CCCCCN(Cc1ccccc1)Cc1ccccc1. The minimum absolute atomic E-state index is 0.657. The Balaban J connectivity index is 1.94. The highest BCUT2D eigenvalue weighted by Crippen LogP contribution is 2.11. The van der Waals surface area contributed by atoms with Crippen molar-refractivity contribution >= 4 is 0 Å². The lowest BCUT2D eigenvalue weighted by atomic mass is 10.1. The van der Waals surface area contributed by atoms with Crippen LogP contribution in [0, 0.1) is 11.3 Å². The predicted molar refractivity (Wildman–Crippen MR) is 86.5 cm³/mol. The molecule has 2 nitrogen and oxygen atoms in total. The molecule has 0 aliphatic rings. The Morgan fingerprint density at radius 3 is 1.76 bits per heavy atom. The van der Waals surface area contributed by atoms with Crippen molar-refractivity contribution in [1.82, 2.24) is 4.90 Å². The standard InChI is InChI=1S/C19H22N2/c20-14-8-3-9-15-21(16-18-10-4-1-5-11-18)17-19-12-6-2-7-13-19/h1-2,4-7,10-13H,3,8-9,15-17H2. The van der Waals surface area contributed by atoms with Crippen molar-refractivity contribution in [2.75, 3.05) is 6.54 Å². The molecule has 0 spiro atoms. The van der Waals surface area contributed by atoms with E-state index >= 15 is 0 Å². The first-order chi connectivity index (χ1) is 10.4. The van der Waals surface area contributed by atoms with E-state index in [9.17, 15) is 0 Å².